The number of halogens is 1. The molecule has 0 N–H and O–H groups in total. The lowest BCUT2D eigenvalue weighted by Crippen LogP contribution is -1.86. The number of aryl methyl sites for hydroxylation is 1. The lowest BCUT2D eigenvalue weighted by molar-refractivity contribution is 0.764. The number of nitrogens with zero attached hydrogens (tertiary/aromatic N) is 2. The normalized spacial score (nSPS) is 9.93. The Bertz CT molecular complexity index is 535. The Morgan fingerprint density at radius 1 is 1.47 bits per heavy atom. The van der Waals surface area contributed by atoms with Crippen molar-refractivity contribution in [1.29, 1.82) is 0 Å². The minimum absolute atomic E-state index is 0.639. The van der Waals surface area contributed by atoms with Crippen molar-refractivity contribution in [3.05, 3.63) is 41.2 Å². The maximum atomic E-state index is 5.92. The summed E-state index contributed by atoms with van der Waals surface area (Å²) in [7, 11) is 1.84. The van der Waals surface area contributed by atoms with E-state index in [2.05, 4.69) is 11.0 Å². The molecular formula is C12H9ClN2. The molecule has 1 heterocycles. The Hall–Kier alpha value is -1.72. The van der Waals surface area contributed by atoms with Crippen LogP contribution < -0.4 is 0 Å². The van der Waals surface area contributed by atoms with Gasteiger partial charge >= 0.3 is 0 Å². The van der Waals surface area contributed by atoms with E-state index in [0.717, 1.165) is 11.1 Å². The van der Waals surface area contributed by atoms with Gasteiger partial charge in [0.2, 0.25) is 0 Å². The van der Waals surface area contributed by atoms with E-state index in [9.17, 15) is 0 Å². The fourth-order valence-electron chi connectivity index (χ4n) is 1.46. The quantitative estimate of drug-likeness (QED) is 0.671. The van der Waals surface area contributed by atoms with Gasteiger partial charge in [0.1, 0.15) is 5.69 Å². The van der Waals surface area contributed by atoms with Gasteiger partial charge in [0, 0.05) is 23.8 Å². The average Bonchev–Trinajstić information content (AvgIpc) is 2.59. The number of hydrogen-bond donors (Lipinski definition) is 0. The molecule has 2 nitrogen and oxygen atoms in total. The molecule has 0 spiro atoms. The molecule has 0 aliphatic carbocycles. The van der Waals surface area contributed by atoms with E-state index < -0.39 is 0 Å². The molecule has 0 aliphatic rings. The highest BCUT2D eigenvalue weighted by Crippen LogP contribution is 2.24. The smallest absolute Gasteiger partial charge is 0.142 e. The number of benzene rings is 1. The van der Waals surface area contributed by atoms with Gasteiger partial charge in [-0.15, -0.1) is 6.42 Å². The van der Waals surface area contributed by atoms with Crippen molar-refractivity contribution in [1.82, 2.24) is 9.78 Å². The standard InChI is InChI=1S/C12H9ClN2/c1-3-12-11(8-15(2)14-12)9-5-4-6-10(13)7-9/h1,4-8H,2H3. The highest BCUT2D eigenvalue weighted by atomic mass is 35.5. The van der Waals surface area contributed by atoms with Crippen LogP contribution in [-0.4, -0.2) is 9.78 Å². The summed E-state index contributed by atoms with van der Waals surface area (Å²) in [5.41, 5.74) is 2.56. The van der Waals surface area contributed by atoms with Gasteiger partial charge in [-0.2, -0.15) is 5.10 Å². The summed E-state index contributed by atoms with van der Waals surface area (Å²) >= 11 is 5.92. The molecule has 0 bridgehead atoms. The van der Waals surface area contributed by atoms with E-state index in [4.69, 9.17) is 18.0 Å². The molecule has 0 atom stereocenters. The zero-order chi connectivity index (χ0) is 10.8. The molecule has 0 radical (unpaired) electrons. The maximum absolute atomic E-state index is 5.92. The summed E-state index contributed by atoms with van der Waals surface area (Å²) in [5.74, 6) is 2.56. The van der Waals surface area contributed by atoms with E-state index in [1.165, 1.54) is 0 Å². The Kier molecular flexibility index (Phi) is 2.49. The van der Waals surface area contributed by atoms with Crippen LogP contribution in [0.4, 0.5) is 0 Å². The molecule has 0 saturated heterocycles. The molecule has 0 saturated carbocycles. The molecule has 0 fully saturated rings. The van der Waals surface area contributed by atoms with Crippen molar-refractivity contribution in [3.8, 4) is 23.5 Å². The predicted octanol–water partition coefficient (Wildman–Crippen LogP) is 2.72. The van der Waals surface area contributed by atoms with E-state index in [1.807, 2.05) is 37.5 Å². The minimum Gasteiger partial charge on any atom is -0.274 e. The third-order valence-electron chi connectivity index (χ3n) is 2.10. The van der Waals surface area contributed by atoms with Crippen LogP contribution in [0.3, 0.4) is 0 Å². The third-order valence-corrected chi connectivity index (χ3v) is 2.34. The fourth-order valence-corrected chi connectivity index (χ4v) is 1.65. The van der Waals surface area contributed by atoms with Crippen molar-refractivity contribution < 1.29 is 0 Å². The second-order valence-corrected chi connectivity index (χ2v) is 3.66. The zero-order valence-electron chi connectivity index (χ0n) is 8.24. The van der Waals surface area contributed by atoms with Crippen LogP contribution in [0.15, 0.2) is 30.5 Å². The van der Waals surface area contributed by atoms with E-state index in [-0.39, 0.29) is 0 Å². The van der Waals surface area contributed by atoms with Crippen LogP contribution in [-0.2, 0) is 7.05 Å². The molecule has 0 unspecified atom stereocenters. The molecule has 1 aromatic heterocycles. The molecule has 0 aliphatic heterocycles. The average molecular weight is 217 g/mol. The monoisotopic (exact) mass is 216 g/mol. The summed E-state index contributed by atoms with van der Waals surface area (Å²) in [5, 5.41) is 4.87. The molecule has 0 amide bonds. The van der Waals surface area contributed by atoms with Crippen LogP contribution in [0.2, 0.25) is 5.02 Å². The van der Waals surface area contributed by atoms with Gasteiger partial charge in [-0.25, -0.2) is 0 Å². The number of rotatable bonds is 1. The highest BCUT2D eigenvalue weighted by molar-refractivity contribution is 6.30. The first-order chi connectivity index (χ1) is 7.20. The van der Waals surface area contributed by atoms with Crippen LogP contribution in [0.1, 0.15) is 5.69 Å². The Labute approximate surface area is 93.5 Å². The zero-order valence-corrected chi connectivity index (χ0v) is 8.99. The molecule has 1 aromatic carbocycles. The molecule has 2 aromatic rings. The Morgan fingerprint density at radius 2 is 2.27 bits per heavy atom. The van der Waals surface area contributed by atoms with Gasteiger partial charge in [-0.1, -0.05) is 23.7 Å². The van der Waals surface area contributed by atoms with Crippen LogP contribution >= 0.6 is 11.6 Å². The van der Waals surface area contributed by atoms with Crippen molar-refractivity contribution in [2.75, 3.05) is 0 Å². The molecule has 74 valence electrons. The van der Waals surface area contributed by atoms with Crippen molar-refractivity contribution in [2.45, 2.75) is 0 Å². The van der Waals surface area contributed by atoms with Gasteiger partial charge in [-0.05, 0) is 23.6 Å². The second-order valence-electron chi connectivity index (χ2n) is 3.22. The largest absolute Gasteiger partial charge is 0.274 e. The summed E-state index contributed by atoms with van der Waals surface area (Å²) in [6.45, 7) is 0. The lowest BCUT2D eigenvalue weighted by atomic mass is 10.1. The van der Waals surface area contributed by atoms with Crippen LogP contribution in [0.25, 0.3) is 11.1 Å². The summed E-state index contributed by atoms with van der Waals surface area (Å²) in [6.07, 6.45) is 7.27. The van der Waals surface area contributed by atoms with Crippen molar-refractivity contribution in [3.63, 3.8) is 0 Å². The van der Waals surface area contributed by atoms with Gasteiger partial charge < -0.3 is 0 Å². The summed E-state index contributed by atoms with van der Waals surface area (Å²) in [4.78, 5) is 0. The van der Waals surface area contributed by atoms with Gasteiger partial charge in [0.15, 0.2) is 0 Å². The van der Waals surface area contributed by atoms with Crippen molar-refractivity contribution >= 4 is 11.6 Å². The van der Waals surface area contributed by atoms with Crippen LogP contribution in [0.5, 0.6) is 0 Å². The van der Waals surface area contributed by atoms with Crippen molar-refractivity contribution in [2.24, 2.45) is 7.05 Å². The molecule has 15 heavy (non-hydrogen) atoms. The number of terminal acetylenes is 1. The van der Waals surface area contributed by atoms with Gasteiger partial charge in [0.05, 0.1) is 0 Å². The molecule has 3 heteroatoms. The summed E-state index contributed by atoms with van der Waals surface area (Å²) in [6, 6.07) is 7.56. The molecular weight excluding hydrogens is 208 g/mol. The van der Waals surface area contributed by atoms with E-state index >= 15 is 0 Å². The van der Waals surface area contributed by atoms with Crippen LogP contribution in [0, 0.1) is 12.3 Å². The number of hydrogen-bond acceptors (Lipinski definition) is 1. The van der Waals surface area contributed by atoms with Gasteiger partial charge in [0.25, 0.3) is 0 Å². The highest BCUT2D eigenvalue weighted by Gasteiger charge is 2.07. The Balaban J connectivity index is 2.59. The first-order valence-electron chi connectivity index (χ1n) is 4.47. The van der Waals surface area contributed by atoms with E-state index in [1.54, 1.807) is 4.68 Å². The predicted molar refractivity (Wildman–Crippen MR) is 61.6 cm³/mol. The molecule has 2 rings (SSSR count). The SMILES string of the molecule is C#Cc1nn(C)cc1-c1cccc(Cl)c1. The maximum Gasteiger partial charge on any atom is 0.142 e. The summed E-state index contributed by atoms with van der Waals surface area (Å²) < 4.78 is 1.70. The van der Waals surface area contributed by atoms with E-state index in [0.29, 0.717) is 10.7 Å². The third kappa shape index (κ3) is 1.88. The lowest BCUT2D eigenvalue weighted by Gasteiger charge is -1.98. The number of aromatic nitrogens is 2. The fraction of sp³-hybridized carbons (Fsp3) is 0.0833. The topological polar surface area (TPSA) is 17.8 Å². The Morgan fingerprint density at radius 3 is 2.93 bits per heavy atom. The second kappa shape index (κ2) is 3.80. The first-order valence-corrected chi connectivity index (χ1v) is 4.84. The minimum atomic E-state index is 0.639. The van der Waals surface area contributed by atoms with Gasteiger partial charge in [-0.3, -0.25) is 4.68 Å². The first kappa shape index (κ1) is 9.82.